The van der Waals surface area contributed by atoms with Gasteiger partial charge in [0.1, 0.15) is 10.6 Å². The standard InChI is InChI=1S/C16H17N3S/c1-2-11-20-14-12-17-15-18-10-6-5-9-16(18)8-4-3-7-13(16)19(14)15/h4-10,12H,2-3,11H2,1H3. The molecule has 4 rings (SSSR count). The van der Waals surface area contributed by atoms with E-state index < -0.39 is 0 Å². The number of aromatic nitrogens is 2. The highest BCUT2D eigenvalue weighted by Crippen LogP contribution is 2.48. The average molecular weight is 283 g/mol. The van der Waals surface area contributed by atoms with Crippen molar-refractivity contribution < 1.29 is 0 Å². The van der Waals surface area contributed by atoms with Gasteiger partial charge in [0.15, 0.2) is 0 Å². The van der Waals surface area contributed by atoms with E-state index in [2.05, 4.69) is 64.0 Å². The number of nitrogens with zero attached hydrogens (tertiary/aromatic N) is 3. The van der Waals surface area contributed by atoms with Crippen LogP contribution in [0.5, 0.6) is 0 Å². The molecule has 0 N–H and O–H groups in total. The molecule has 0 bridgehead atoms. The second kappa shape index (κ2) is 4.42. The SMILES string of the molecule is CCCSc1cnc2n1C1=CCC=CC13C=CC=CN23. The molecule has 0 amide bonds. The monoisotopic (exact) mass is 283 g/mol. The number of anilines is 1. The Bertz CT molecular complexity index is 665. The first-order valence-corrected chi connectivity index (χ1v) is 8.10. The normalized spacial score (nSPS) is 25.4. The zero-order valence-corrected chi connectivity index (χ0v) is 12.3. The van der Waals surface area contributed by atoms with Crippen LogP contribution in [-0.4, -0.2) is 20.8 Å². The van der Waals surface area contributed by atoms with E-state index in [9.17, 15) is 0 Å². The van der Waals surface area contributed by atoms with Crippen molar-refractivity contribution >= 4 is 23.4 Å². The van der Waals surface area contributed by atoms with Crippen LogP contribution >= 0.6 is 11.8 Å². The molecule has 0 fully saturated rings. The van der Waals surface area contributed by atoms with E-state index in [0.29, 0.717) is 0 Å². The second-order valence-electron chi connectivity index (χ2n) is 5.20. The smallest absolute Gasteiger partial charge is 0.216 e. The van der Waals surface area contributed by atoms with Gasteiger partial charge in [-0.25, -0.2) is 4.98 Å². The maximum absolute atomic E-state index is 4.66. The molecule has 3 heterocycles. The number of fused-ring (bicyclic) bond motifs is 3. The molecule has 1 aliphatic carbocycles. The molecule has 1 atom stereocenters. The Morgan fingerprint density at radius 3 is 3.20 bits per heavy atom. The third-order valence-corrected chi connectivity index (χ3v) is 5.14. The minimum Gasteiger partial charge on any atom is -0.300 e. The summed E-state index contributed by atoms with van der Waals surface area (Å²) >= 11 is 1.89. The Morgan fingerprint density at radius 2 is 2.30 bits per heavy atom. The highest BCUT2D eigenvalue weighted by Gasteiger charge is 2.47. The van der Waals surface area contributed by atoms with Gasteiger partial charge in [-0.3, -0.25) is 9.47 Å². The maximum Gasteiger partial charge on any atom is 0.216 e. The number of hydrogen-bond acceptors (Lipinski definition) is 3. The van der Waals surface area contributed by atoms with E-state index in [0.717, 1.165) is 18.1 Å². The van der Waals surface area contributed by atoms with Crippen LogP contribution in [0.3, 0.4) is 0 Å². The van der Waals surface area contributed by atoms with E-state index in [1.807, 2.05) is 18.0 Å². The van der Waals surface area contributed by atoms with Crippen LogP contribution in [0, 0.1) is 0 Å². The van der Waals surface area contributed by atoms with E-state index in [1.54, 1.807) is 0 Å². The van der Waals surface area contributed by atoms with E-state index >= 15 is 0 Å². The third kappa shape index (κ3) is 1.45. The zero-order chi connectivity index (χ0) is 13.6. The molecule has 0 radical (unpaired) electrons. The summed E-state index contributed by atoms with van der Waals surface area (Å²) in [6.45, 7) is 2.22. The fraction of sp³-hybridized carbons (Fsp3) is 0.312. The topological polar surface area (TPSA) is 21.1 Å². The zero-order valence-electron chi connectivity index (χ0n) is 11.5. The van der Waals surface area contributed by atoms with Crippen LogP contribution in [0.15, 0.2) is 53.9 Å². The molecular formula is C16H17N3S. The van der Waals surface area contributed by atoms with Crippen LogP contribution in [-0.2, 0) is 0 Å². The molecule has 1 aromatic rings. The molecule has 1 aromatic heterocycles. The fourth-order valence-corrected chi connectivity index (χ4v) is 3.95. The molecule has 2 aliphatic heterocycles. The summed E-state index contributed by atoms with van der Waals surface area (Å²) in [4.78, 5) is 6.93. The highest BCUT2D eigenvalue weighted by molar-refractivity contribution is 7.99. The van der Waals surface area contributed by atoms with Gasteiger partial charge in [0.05, 0.1) is 11.9 Å². The van der Waals surface area contributed by atoms with Crippen molar-refractivity contribution in [2.75, 3.05) is 10.7 Å². The molecule has 0 saturated carbocycles. The first kappa shape index (κ1) is 12.1. The van der Waals surface area contributed by atoms with Crippen molar-refractivity contribution in [2.45, 2.75) is 30.3 Å². The number of allylic oxidation sites excluding steroid dienone is 4. The Kier molecular flexibility index (Phi) is 2.67. The van der Waals surface area contributed by atoms with Gasteiger partial charge in [-0.1, -0.05) is 31.2 Å². The van der Waals surface area contributed by atoms with Crippen molar-refractivity contribution in [3.8, 4) is 0 Å². The molecule has 1 unspecified atom stereocenters. The first-order valence-electron chi connectivity index (χ1n) is 7.11. The predicted molar refractivity (Wildman–Crippen MR) is 84.8 cm³/mol. The summed E-state index contributed by atoms with van der Waals surface area (Å²) in [5.41, 5.74) is 1.17. The summed E-state index contributed by atoms with van der Waals surface area (Å²) in [7, 11) is 0. The minimum atomic E-state index is -0.155. The van der Waals surface area contributed by atoms with Gasteiger partial charge in [-0.15, -0.1) is 11.8 Å². The van der Waals surface area contributed by atoms with Crippen molar-refractivity contribution in [3.05, 3.63) is 48.9 Å². The molecule has 4 heteroatoms. The Morgan fingerprint density at radius 1 is 1.35 bits per heavy atom. The lowest BCUT2D eigenvalue weighted by atomic mass is 9.88. The molecule has 0 saturated heterocycles. The van der Waals surface area contributed by atoms with Gasteiger partial charge >= 0.3 is 0 Å². The van der Waals surface area contributed by atoms with Gasteiger partial charge in [-0.05, 0) is 30.7 Å². The maximum atomic E-state index is 4.66. The molecule has 1 spiro atoms. The lowest BCUT2D eigenvalue weighted by molar-refractivity contribution is 0.780. The Hall–Kier alpha value is -1.68. The Balaban J connectivity index is 1.87. The number of thioether (sulfide) groups is 1. The van der Waals surface area contributed by atoms with E-state index in [1.165, 1.54) is 17.1 Å². The van der Waals surface area contributed by atoms with Crippen LogP contribution in [0.2, 0.25) is 0 Å². The molecule has 3 aliphatic rings. The number of hydrogen-bond donors (Lipinski definition) is 0. The average Bonchev–Trinajstić information content (AvgIpc) is 3.01. The van der Waals surface area contributed by atoms with Crippen molar-refractivity contribution in [1.82, 2.24) is 9.55 Å². The summed E-state index contributed by atoms with van der Waals surface area (Å²) in [6, 6.07) is 0. The lowest BCUT2D eigenvalue weighted by Gasteiger charge is -2.35. The van der Waals surface area contributed by atoms with Gasteiger partial charge in [-0.2, -0.15) is 0 Å². The molecule has 3 nitrogen and oxygen atoms in total. The molecule has 102 valence electrons. The number of imidazole rings is 1. The van der Waals surface area contributed by atoms with Gasteiger partial charge in [0, 0.05) is 6.20 Å². The summed E-state index contributed by atoms with van der Waals surface area (Å²) < 4.78 is 2.32. The van der Waals surface area contributed by atoms with Gasteiger partial charge in [0.25, 0.3) is 0 Å². The quantitative estimate of drug-likeness (QED) is 0.621. The summed E-state index contributed by atoms with van der Waals surface area (Å²) in [6.07, 6.45) is 19.6. The first-order chi connectivity index (χ1) is 9.87. The molecular weight excluding hydrogens is 266 g/mol. The van der Waals surface area contributed by atoms with Crippen LogP contribution < -0.4 is 4.90 Å². The van der Waals surface area contributed by atoms with Crippen LogP contribution in [0.25, 0.3) is 5.70 Å². The van der Waals surface area contributed by atoms with Crippen molar-refractivity contribution in [3.63, 3.8) is 0 Å². The van der Waals surface area contributed by atoms with Crippen LogP contribution in [0.1, 0.15) is 19.8 Å². The highest BCUT2D eigenvalue weighted by atomic mass is 32.2. The summed E-state index contributed by atoms with van der Waals surface area (Å²) in [5.74, 6) is 2.16. The van der Waals surface area contributed by atoms with E-state index in [4.69, 9.17) is 0 Å². The van der Waals surface area contributed by atoms with Gasteiger partial charge < -0.3 is 0 Å². The second-order valence-corrected chi connectivity index (χ2v) is 6.32. The van der Waals surface area contributed by atoms with Crippen molar-refractivity contribution in [2.24, 2.45) is 0 Å². The largest absolute Gasteiger partial charge is 0.300 e. The predicted octanol–water partition coefficient (Wildman–Crippen LogP) is 3.83. The van der Waals surface area contributed by atoms with Crippen molar-refractivity contribution in [1.29, 1.82) is 0 Å². The fourth-order valence-electron chi connectivity index (χ4n) is 3.10. The summed E-state index contributed by atoms with van der Waals surface area (Å²) in [5, 5.41) is 1.25. The number of rotatable bonds is 3. The Labute approximate surface area is 123 Å². The van der Waals surface area contributed by atoms with E-state index in [-0.39, 0.29) is 5.54 Å². The van der Waals surface area contributed by atoms with Gasteiger partial charge in [0.2, 0.25) is 5.95 Å². The molecule has 0 aromatic carbocycles. The lowest BCUT2D eigenvalue weighted by Crippen LogP contribution is -2.41. The van der Waals surface area contributed by atoms with Crippen LogP contribution in [0.4, 0.5) is 5.95 Å². The molecule has 20 heavy (non-hydrogen) atoms. The minimum absolute atomic E-state index is 0.155. The third-order valence-electron chi connectivity index (χ3n) is 3.95.